The van der Waals surface area contributed by atoms with Gasteiger partial charge in [-0.25, -0.2) is 4.98 Å². The molecule has 0 aliphatic carbocycles. The van der Waals surface area contributed by atoms with E-state index in [1.54, 1.807) is 43.6 Å². The number of amides is 1. The molecule has 29 heavy (non-hydrogen) atoms. The molecule has 7 heteroatoms. The van der Waals surface area contributed by atoms with E-state index in [1.807, 2.05) is 24.3 Å². The third-order valence-corrected chi connectivity index (χ3v) is 4.31. The number of rotatable bonds is 8. The van der Waals surface area contributed by atoms with Gasteiger partial charge in [-0.05, 0) is 42.0 Å². The third-order valence-electron chi connectivity index (χ3n) is 4.31. The lowest BCUT2D eigenvalue weighted by atomic mass is 10.1. The van der Waals surface area contributed by atoms with E-state index in [4.69, 9.17) is 14.2 Å². The van der Waals surface area contributed by atoms with Crippen molar-refractivity contribution in [2.45, 2.75) is 6.54 Å². The average molecular weight is 393 g/mol. The zero-order valence-corrected chi connectivity index (χ0v) is 16.6. The zero-order chi connectivity index (χ0) is 20.6. The summed E-state index contributed by atoms with van der Waals surface area (Å²) < 4.78 is 15.7. The summed E-state index contributed by atoms with van der Waals surface area (Å²) in [6.45, 7) is 0.626. The molecule has 7 nitrogen and oxygen atoms in total. The van der Waals surface area contributed by atoms with Crippen LogP contribution in [0.25, 0.3) is 0 Å². The number of pyridine rings is 1. The number of nitrogens with one attached hydrogen (secondary N) is 2. The van der Waals surface area contributed by atoms with Crippen LogP contribution in [0.15, 0.2) is 60.8 Å². The molecule has 0 aliphatic rings. The molecule has 0 fully saturated rings. The van der Waals surface area contributed by atoms with Gasteiger partial charge in [0.05, 0.1) is 33.2 Å². The largest absolute Gasteiger partial charge is 0.497 e. The van der Waals surface area contributed by atoms with Gasteiger partial charge in [-0.2, -0.15) is 0 Å². The summed E-state index contributed by atoms with van der Waals surface area (Å²) in [4.78, 5) is 17.0. The molecule has 0 spiro atoms. The first-order chi connectivity index (χ1) is 14.1. The number of ether oxygens (including phenoxy) is 3. The van der Waals surface area contributed by atoms with Crippen LogP contribution < -0.4 is 24.8 Å². The van der Waals surface area contributed by atoms with Crippen molar-refractivity contribution in [3.8, 4) is 17.2 Å². The Morgan fingerprint density at radius 1 is 0.897 bits per heavy atom. The van der Waals surface area contributed by atoms with Crippen molar-refractivity contribution < 1.29 is 19.0 Å². The fourth-order valence-corrected chi connectivity index (χ4v) is 2.78. The molecular formula is C22H23N3O4. The molecule has 150 valence electrons. The zero-order valence-electron chi connectivity index (χ0n) is 16.6. The van der Waals surface area contributed by atoms with E-state index >= 15 is 0 Å². The van der Waals surface area contributed by atoms with Crippen molar-refractivity contribution in [3.05, 3.63) is 71.9 Å². The van der Waals surface area contributed by atoms with Crippen LogP contribution in [-0.4, -0.2) is 32.2 Å². The molecular weight excluding hydrogens is 370 g/mol. The van der Waals surface area contributed by atoms with E-state index in [9.17, 15) is 4.79 Å². The number of anilines is 2. The van der Waals surface area contributed by atoms with E-state index in [0.717, 1.165) is 11.3 Å². The van der Waals surface area contributed by atoms with Crippen LogP contribution in [0.3, 0.4) is 0 Å². The minimum Gasteiger partial charge on any atom is -0.497 e. The van der Waals surface area contributed by atoms with Gasteiger partial charge in [-0.1, -0.05) is 18.2 Å². The molecule has 3 aromatic rings. The second kappa shape index (κ2) is 9.45. The van der Waals surface area contributed by atoms with Crippen molar-refractivity contribution in [2.75, 3.05) is 32.0 Å². The van der Waals surface area contributed by atoms with Gasteiger partial charge in [0, 0.05) is 6.54 Å². The number of carbonyl (C=O) groups excluding carboxylic acids is 1. The highest BCUT2D eigenvalue weighted by atomic mass is 16.5. The van der Waals surface area contributed by atoms with Crippen LogP contribution in [-0.2, 0) is 6.54 Å². The lowest BCUT2D eigenvalue weighted by molar-refractivity contribution is 0.102. The molecule has 0 saturated heterocycles. The lowest BCUT2D eigenvalue weighted by Gasteiger charge is -2.13. The second-order valence-corrected chi connectivity index (χ2v) is 6.13. The molecule has 0 radical (unpaired) electrons. The van der Waals surface area contributed by atoms with Crippen molar-refractivity contribution in [1.29, 1.82) is 0 Å². The van der Waals surface area contributed by atoms with Gasteiger partial charge in [0.15, 0.2) is 0 Å². The van der Waals surface area contributed by atoms with Gasteiger partial charge in [-0.15, -0.1) is 0 Å². The van der Waals surface area contributed by atoms with Crippen molar-refractivity contribution >= 4 is 17.4 Å². The van der Waals surface area contributed by atoms with Crippen molar-refractivity contribution in [3.63, 3.8) is 0 Å². The Kier molecular flexibility index (Phi) is 6.52. The van der Waals surface area contributed by atoms with Gasteiger partial charge in [-0.3, -0.25) is 4.79 Å². The first-order valence-corrected chi connectivity index (χ1v) is 8.99. The predicted octanol–water partition coefficient (Wildman–Crippen LogP) is 3.97. The molecule has 1 aromatic heterocycles. The number of benzene rings is 2. The molecule has 2 aromatic carbocycles. The number of nitrogens with zero attached hydrogens (tertiary/aromatic N) is 1. The first kappa shape index (κ1) is 20.0. The van der Waals surface area contributed by atoms with Crippen LogP contribution in [0.4, 0.5) is 11.5 Å². The minimum absolute atomic E-state index is 0.333. The molecule has 0 saturated carbocycles. The van der Waals surface area contributed by atoms with Crippen LogP contribution in [0.5, 0.6) is 17.2 Å². The minimum atomic E-state index is -0.333. The van der Waals surface area contributed by atoms with Crippen LogP contribution >= 0.6 is 0 Å². The summed E-state index contributed by atoms with van der Waals surface area (Å²) in [6, 6.07) is 16.6. The van der Waals surface area contributed by atoms with E-state index in [-0.39, 0.29) is 5.91 Å². The smallest absolute Gasteiger partial charge is 0.263 e. The summed E-state index contributed by atoms with van der Waals surface area (Å²) in [7, 11) is 4.66. The Balaban J connectivity index is 1.64. The summed E-state index contributed by atoms with van der Waals surface area (Å²) >= 11 is 0. The molecule has 0 unspecified atom stereocenters. The SMILES string of the molecule is COc1ccc(CNc2ccc(NC(=O)c3c(OC)cccc3OC)cn2)cc1. The molecule has 0 atom stereocenters. The Hall–Kier alpha value is -3.74. The Bertz CT molecular complexity index is 935. The average Bonchev–Trinajstić information content (AvgIpc) is 2.78. The highest BCUT2D eigenvalue weighted by molar-refractivity contribution is 6.08. The van der Waals surface area contributed by atoms with Crippen LogP contribution in [0, 0.1) is 0 Å². The van der Waals surface area contributed by atoms with Crippen molar-refractivity contribution in [1.82, 2.24) is 4.98 Å². The Morgan fingerprint density at radius 3 is 2.14 bits per heavy atom. The van der Waals surface area contributed by atoms with Gasteiger partial charge >= 0.3 is 0 Å². The normalized spacial score (nSPS) is 10.2. The summed E-state index contributed by atoms with van der Waals surface area (Å²) in [6.07, 6.45) is 1.59. The van der Waals surface area contributed by atoms with Crippen LogP contribution in [0.1, 0.15) is 15.9 Å². The fourth-order valence-electron chi connectivity index (χ4n) is 2.78. The highest BCUT2D eigenvalue weighted by Gasteiger charge is 2.18. The predicted molar refractivity (Wildman–Crippen MR) is 112 cm³/mol. The number of aromatic nitrogens is 1. The van der Waals surface area contributed by atoms with Gasteiger partial charge in [0.1, 0.15) is 28.6 Å². The lowest BCUT2D eigenvalue weighted by Crippen LogP contribution is -2.15. The maximum Gasteiger partial charge on any atom is 0.263 e. The molecule has 0 bridgehead atoms. The standard InChI is InChI=1S/C22H23N3O4/c1-27-17-10-7-15(8-11-17)13-23-20-12-9-16(14-24-20)25-22(26)21-18(28-2)5-4-6-19(21)29-3/h4-12,14H,13H2,1-3H3,(H,23,24)(H,25,26). The third kappa shape index (κ3) is 4.95. The van der Waals surface area contributed by atoms with Crippen molar-refractivity contribution in [2.24, 2.45) is 0 Å². The maximum absolute atomic E-state index is 12.7. The van der Waals surface area contributed by atoms with E-state index in [0.29, 0.717) is 35.1 Å². The van der Waals surface area contributed by atoms with E-state index < -0.39 is 0 Å². The van der Waals surface area contributed by atoms with Gasteiger partial charge < -0.3 is 24.8 Å². The summed E-state index contributed by atoms with van der Waals surface area (Å²) in [5, 5.41) is 6.06. The molecule has 2 N–H and O–H groups in total. The molecule has 0 aliphatic heterocycles. The van der Waals surface area contributed by atoms with Gasteiger partial charge in [0.2, 0.25) is 0 Å². The van der Waals surface area contributed by atoms with Gasteiger partial charge in [0.25, 0.3) is 5.91 Å². The quantitative estimate of drug-likeness (QED) is 0.603. The number of methoxy groups -OCH3 is 3. The van der Waals surface area contributed by atoms with E-state index in [2.05, 4.69) is 15.6 Å². The van der Waals surface area contributed by atoms with E-state index in [1.165, 1.54) is 14.2 Å². The summed E-state index contributed by atoms with van der Waals surface area (Å²) in [5.74, 6) is 2.06. The second-order valence-electron chi connectivity index (χ2n) is 6.13. The molecule has 1 amide bonds. The fraction of sp³-hybridized carbons (Fsp3) is 0.182. The maximum atomic E-state index is 12.7. The van der Waals surface area contributed by atoms with Crippen LogP contribution in [0.2, 0.25) is 0 Å². The Labute approximate surface area is 169 Å². The topological polar surface area (TPSA) is 81.7 Å². The molecule has 1 heterocycles. The Morgan fingerprint density at radius 2 is 1.59 bits per heavy atom. The number of hydrogen-bond acceptors (Lipinski definition) is 6. The highest BCUT2D eigenvalue weighted by Crippen LogP contribution is 2.29. The monoisotopic (exact) mass is 393 g/mol. The number of carbonyl (C=O) groups is 1. The number of hydrogen-bond donors (Lipinski definition) is 2. The first-order valence-electron chi connectivity index (χ1n) is 8.99. The molecule has 3 rings (SSSR count). The summed E-state index contributed by atoms with van der Waals surface area (Å²) in [5.41, 5.74) is 2.01.